The van der Waals surface area contributed by atoms with Crippen molar-refractivity contribution in [2.24, 2.45) is 4.99 Å². The Morgan fingerprint density at radius 3 is 2.55 bits per heavy atom. The number of anilines is 3. The third-order valence-electron chi connectivity index (χ3n) is 4.84. The molecule has 0 fully saturated rings. The molecule has 0 saturated heterocycles. The van der Waals surface area contributed by atoms with Crippen molar-refractivity contribution >= 4 is 57.5 Å². The van der Waals surface area contributed by atoms with E-state index < -0.39 is 12.1 Å². The molecule has 2 aromatic carbocycles. The van der Waals surface area contributed by atoms with Crippen molar-refractivity contribution in [2.45, 2.75) is 19.6 Å². The van der Waals surface area contributed by atoms with Gasteiger partial charge < -0.3 is 20.2 Å². The Kier molecular flexibility index (Phi) is 7.73. The molecule has 0 unspecified atom stereocenters. The van der Waals surface area contributed by atoms with Crippen molar-refractivity contribution in [1.29, 1.82) is 0 Å². The number of aromatic nitrogens is 3. The molecule has 0 spiro atoms. The standard InChI is InChI=1S/C21H15ClN6O2S.C2HF3O2/c1-11(29)25-15-7-13(19-24-4-5-30-19)6-14(8-15)20-27-28-21(31-20)26-17-3-2-12-9-23-10-16(12)18(17)22;3-2(4,5)1(6)7/h2-8,10H,9H2,1H3,(H,25,29)(H,26,28);(H,6,7). The molecule has 0 saturated carbocycles. The molecule has 0 bridgehead atoms. The fourth-order valence-electron chi connectivity index (χ4n) is 3.26. The summed E-state index contributed by atoms with van der Waals surface area (Å²) in [5.74, 6) is -2.49. The van der Waals surface area contributed by atoms with Gasteiger partial charge in [0.25, 0.3) is 0 Å². The SMILES string of the molecule is CC(=O)Nc1cc(-c2ncco2)cc(-c2nnc(Nc3ccc4c(c3Cl)C=NC4)s2)c1.O=C(O)C(F)(F)F. The molecule has 1 aliphatic rings. The predicted molar refractivity (Wildman–Crippen MR) is 135 cm³/mol. The molecular weight excluding hydrogens is 549 g/mol. The van der Waals surface area contributed by atoms with Crippen molar-refractivity contribution < 1.29 is 32.3 Å². The van der Waals surface area contributed by atoms with Gasteiger partial charge in [0.15, 0.2) is 0 Å². The van der Waals surface area contributed by atoms with Crippen molar-refractivity contribution in [3.8, 4) is 22.0 Å². The summed E-state index contributed by atoms with van der Waals surface area (Å²) < 4.78 is 37.1. The van der Waals surface area contributed by atoms with Crippen LogP contribution in [0.2, 0.25) is 5.02 Å². The summed E-state index contributed by atoms with van der Waals surface area (Å²) in [7, 11) is 0. The zero-order chi connectivity index (χ0) is 27.4. The second kappa shape index (κ2) is 11.0. The normalized spacial score (nSPS) is 11.9. The fraction of sp³-hybridized carbons (Fsp3) is 0.130. The molecular formula is C23H16ClF3N6O4S. The maximum absolute atomic E-state index is 11.6. The molecule has 1 amide bonds. The first-order chi connectivity index (χ1) is 18.0. The number of rotatable bonds is 5. The first-order valence-electron chi connectivity index (χ1n) is 10.6. The monoisotopic (exact) mass is 564 g/mol. The number of hydrogen-bond acceptors (Lipinski definition) is 9. The number of carboxylic acids is 1. The second-order valence-corrected chi connectivity index (χ2v) is 8.98. The highest BCUT2D eigenvalue weighted by atomic mass is 35.5. The number of nitrogens with zero attached hydrogens (tertiary/aromatic N) is 4. The van der Waals surface area contributed by atoms with Crippen LogP contribution in [-0.4, -0.2) is 44.6 Å². The van der Waals surface area contributed by atoms with Crippen LogP contribution in [0.3, 0.4) is 0 Å². The number of benzene rings is 2. The molecule has 38 heavy (non-hydrogen) atoms. The number of carbonyl (C=O) groups is 2. The van der Waals surface area contributed by atoms with Crippen LogP contribution >= 0.6 is 22.9 Å². The quantitative estimate of drug-likeness (QED) is 0.277. The molecule has 0 aliphatic carbocycles. The Bertz CT molecular complexity index is 1520. The molecule has 4 aromatic rings. The van der Waals surface area contributed by atoms with Crippen molar-refractivity contribution in [2.75, 3.05) is 10.6 Å². The van der Waals surface area contributed by atoms with Gasteiger partial charge in [0.1, 0.15) is 11.3 Å². The molecule has 15 heteroatoms. The number of amides is 1. The Balaban J connectivity index is 0.000000426. The van der Waals surface area contributed by atoms with Gasteiger partial charge in [-0.3, -0.25) is 9.79 Å². The highest BCUT2D eigenvalue weighted by Crippen LogP contribution is 2.36. The Labute approximate surface area is 221 Å². The minimum atomic E-state index is -5.08. The molecule has 2 aromatic heterocycles. The predicted octanol–water partition coefficient (Wildman–Crippen LogP) is 5.78. The number of aliphatic imine (C=N–C) groups is 1. The summed E-state index contributed by atoms with van der Waals surface area (Å²) >= 11 is 7.89. The average molecular weight is 565 g/mol. The minimum absolute atomic E-state index is 0.176. The summed E-state index contributed by atoms with van der Waals surface area (Å²) in [5, 5.41) is 23.6. The number of carbonyl (C=O) groups excluding carboxylic acids is 1. The van der Waals surface area contributed by atoms with Gasteiger partial charge in [-0.25, -0.2) is 9.78 Å². The summed E-state index contributed by atoms with van der Waals surface area (Å²) in [6.45, 7) is 2.10. The average Bonchev–Trinajstić information content (AvgIpc) is 3.62. The third-order valence-corrected chi connectivity index (χ3v) is 6.14. The molecule has 3 N–H and O–H groups in total. The number of carboxylic acid groups (broad SMARTS) is 1. The molecule has 0 radical (unpaired) electrons. The minimum Gasteiger partial charge on any atom is -0.475 e. The zero-order valence-corrected chi connectivity index (χ0v) is 20.8. The first-order valence-corrected chi connectivity index (χ1v) is 11.8. The van der Waals surface area contributed by atoms with Crippen LogP contribution in [0.1, 0.15) is 18.1 Å². The van der Waals surface area contributed by atoms with E-state index in [0.29, 0.717) is 33.3 Å². The first kappa shape index (κ1) is 26.8. The van der Waals surface area contributed by atoms with Gasteiger partial charge in [-0.05, 0) is 29.8 Å². The third kappa shape index (κ3) is 6.33. The number of aliphatic carboxylic acids is 1. The highest BCUT2D eigenvalue weighted by Gasteiger charge is 2.38. The molecule has 196 valence electrons. The lowest BCUT2D eigenvalue weighted by molar-refractivity contribution is -0.192. The Morgan fingerprint density at radius 2 is 1.89 bits per heavy atom. The zero-order valence-electron chi connectivity index (χ0n) is 19.2. The molecule has 3 heterocycles. The van der Waals surface area contributed by atoms with E-state index in [9.17, 15) is 18.0 Å². The fourth-order valence-corrected chi connectivity index (χ4v) is 4.29. The number of oxazole rings is 1. The van der Waals surface area contributed by atoms with E-state index in [1.165, 1.54) is 24.5 Å². The highest BCUT2D eigenvalue weighted by molar-refractivity contribution is 7.18. The largest absolute Gasteiger partial charge is 0.490 e. The Morgan fingerprint density at radius 1 is 1.16 bits per heavy atom. The van der Waals surface area contributed by atoms with Gasteiger partial charge in [0.2, 0.25) is 16.9 Å². The van der Waals surface area contributed by atoms with E-state index in [2.05, 4.69) is 30.8 Å². The molecule has 5 rings (SSSR count). The summed E-state index contributed by atoms with van der Waals surface area (Å²) in [6, 6.07) is 9.42. The van der Waals surface area contributed by atoms with E-state index in [4.69, 9.17) is 25.9 Å². The maximum atomic E-state index is 11.6. The number of fused-ring (bicyclic) bond motifs is 1. The number of halogens is 4. The molecule has 1 aliphatic heterocycles. The van der Waals surface area contributed by atoms with E-state index in [0.717, 1.165) is 27.9 Å². The van der Waals surface area contributed by atoms with Crippen molar-refractivity contribution in [3.05, 3.63) is 58.9 Å². The van der Waals surface area contributed by atoms with Crippen LogP contribution in [0.25, 0.3) is 22.0 Å². The van der Waals surface area contributed by atoms with Crippen molar-refractivity contribution in [1.82, 2.24) is 15.2 Å². The van der Waals surface area contributed by atoms with E-state index in [1.807, 2.05) is 24.3 Å². The lowest BCUT2D eigenvalue weighted by atomic mass is 10.1. The van der Waals surface area contributed by atoms with Crippen LogP contribution in [-0.2, 0) is 16.1 Å². The summed E-state index contributed by atoms with van der Waals surface area (Å²) in [6.07, 6.45) is -0.234. The van der Waals surface area contributed by atoms with Gasteiger partial charge >= 0.3 is 12.1 Å². The summed E-state index contributed by atoms with van der Waals surface area (Å²) in [4.78, 5) is 28.9. The number of alkyl halides is 3. The Hall–Kier alpha value is -4.30. The maximum Gasteiger partial charge on any atom is 0.490 e. The van der Waals surface area contributed by atoms with Crippen LogP contribution in [0, 0.1) is 0 Å². The second-order valence-electron chi connectivity index (χ2n) is 7.63. The number of hydrogen-bond donors (Lipinski definition) is 3. The van der Waals surface area contributed by atoms with Crippen LogP contribution in [0.4, 0.5) is 29.7 Å². The lowest BCUT2D eigenvalue weighted by Crippen LogP contribution is -2.21. The van der Waals surface area contributed by atoms with Crippen molar-refractivity contribution in [3.63, 3.8) is 0 Å². The van der Waals surface area contributed by atoms with E-state index in [-0.39, 0.29) is 5.91 Å². The van der Waals surface area contributed by atoms with Crippen LogP contribution < -0.4 is 10.6 Å². The molecule has 0 atom stereocenters. The van der Waals surface area contributed by atoms with Gasteiger partial charge in [-0.1, -0.05) is 29.0 Å². The van der Waals surface area contributed by atoms with Crippen LogP contribution in [0.5, 0.6) is 0 Å². The van der Waals surface area contributed by atoms with Crippen LogP contribution in [0.15, 0.2) is 52.2 Å². The topological polar surface area (TPSA) is 143 Å². The van der Waals surface area contributed by atoms with E-state index in [1.54, 1.807) is 18.5 Å². The number of nitrogens with one attached hydrogen (secondary N) is 2. The summed E-state index contributed by atoms with van der Waals surface area (Å²) in [5.41, 5.74) is 4.87. The van der Waals surface area contributed by atoms with Gasteiger partial charge in [0.05, 0.1) is 23.5 Å². The van der Waals surface area contributed by atoms with E-state index >= 15 is 0 Å². The van der Waals surface area contributed by atoms with Gasteiger partial charge in [-0.15, -0.1) is 10.2 Å². The lowest BCUT2D eigenvalue weighted by Gasteiger charge is -2.08. The van der Waals surface area contributed by atoms with Gasteiger partial charge in [0, 0.05) is 35.5 Å². The smallest absolute Gasteiger partial charge is 0.475 e. The van der Waals surface area contributed by atoms with Gasteiger partial charge in [-0.2, -0.15) is 13.2 Å². The molecule has 10 nitrogen and oxygen atoms in total.